The molecule has 0 aliphatic rings. The molecule has 0 aliphatic heterocycles. The van der Waals surface area contributed by atoms with E-state index >= 15 is 0 Å². The molecule has 0 saturated heterocycles. The van der Waals surface area contributed by atoms with Crippen molar-refractivity contribution in [3.63, 3.8) is 0 Å². The van der Waals surface area contributed by atoms with Gasteiger partial charge in [0.05, 0.1) is 7.11 Å². The van der Waals surface area contributed by atoms with Crippen LogP contribution in [0.1, 0.15) is 39.1 Å². The molecule has 0 bridgehead atoms. The molecule has 1 unspecified atom stereocenters. The second-order valence-corrected chi connectivity index (χ2v) is 5.63. The van der Waals surface area contributed by atoms with Crippen LogP contribution in [0.5, 0.6) is 5.88 Å². The summed E-state index contributed by atoms with van der Waals surface area (Å²) in [6.07, 6.45) is 1.79. The largest absolute Gasteiger partial charge is 0.481 e. The molecule has 0 radical (unpaired) electrons. The topological polar surface area (TPSA) is 39.9 Å². The minimum Gasteiger partial charge on any atom is -0.481 e. The summed E-state index contributed by atoms with van der Waals surface area (Å²) >= 11 is 5.92. The Kier molecular flexibility index (Phi) is 4.86. The fourth-order valence-electron chi connectivity index (χ4n) is 2.68. The summed E-state index contributed by atoms with van der Waals surface area (Å²) in [7, 11) is 1.63. The van der Waals surface area contributed by atoms with E-state index in [1.165, 1.54) is 0 Å². The lowest BCUT2D eigenvalue weighted by molar-refractivity contribution is 0.361. The molecular formula is C15H22ClN3O. The number of hydrogen-bond acceptors (Lipinski definition) is 3. The van der Waals surface area contributed by atoms with Crippen molar-refractivity contribution in [2.24, 2.45) is 5.92 Å². The lowest BCUT2D eigenvalue weighted by Crippen LogP contribution is -2.18. The van der Waals surface area contributed by atoms with E-state index in [0.717, 1.165) is 29.8 Å². The fourth-order valence-corrected chi connectivity index (χ4v) is 2.85. The van der Waals surface area contributed by atoms with E-state index in [-0.39, 0.29) is 0 Å². The molecule has 1 atom stereocenters. The Morgan fingerprint density at radius 3 is 2.60 bits per heavy atom. The van der Waals surface area contributed by atoms with Gasteiger partial charge in [0.1, 0.15) is 11.3 Å². The van der Waals surface area contributed by atoms with Gasteiger partial charge in [-0.25, -0.2) is 4.98 Å². The molecule has 110 valence electrons. The zero-order valence-corrected chi connectivity index (χ0v) is 13.3. The third-order valence-electron chi connectivity index (χ3n) is 3.63. The molecular weight excluding hydrogens is 274 g/mol. The van der Waals surface area contributed by atoms with Crippen LogP contribution < -0.4 is 4.74 Å². The number of methoxy groups -OCH3 is 1. The predicted octanol–water partition coefficient (Wildman–Crippen LogP) is 3.83. The number of imidazole rings is 1. The minimum absolute atomic E-state index is 0.373. The minimum atomic E-state index is 0.373. The van der Waals surface area contributed by atoms with Crippen molar-refractivity contribution >= 4 is 22.8 Å². The Hall–Kier alpha value is -1.29. The van der Waals surface area contributed by atoms with Gasteiger partial charge < -0.3 is 9.30 Å². The zero-order chi connectivity index (χ0) is 14.7. The van der Waals surface area contributed by atoms with Crippen LogP contribution in [0.15, 0.2) is 12.1 Å². The highest BCUT2D eigenvalue weighted by Gasteiger charge is 2.21. The van der Waals surface area contributed by atoms with Gasteiger partial charge in [-0.05, 0) is 18.4 Å². The molecule has 0 saturated carbocycles. The summed E-state index contributed by atoms with van der Waals surface area (Å²) in [4.78, 5) is 9.27. The predicted molar refractivity (Wildman–Crippen MR) is 82.7 cm³/mol. The van der Waals surface area contributed by atoms with Crippen LogP contribution in [-0.2, 0) is 6.42 Å². The average Bonchev–Trinajstić information content (AvgIpc) is 2.77. The highest BCUT2D eigenvalue weighted by Crippen LogP contribution is 2.29. The molecule has 0 aromatic carbocycles. The van der Waals surface area contributed by atoms with Crippen LogP contribution in [0.2, 0.25) is 0 Å². The van der Waals surface area contributed by atoms with Crippen molar-refractivity contribution in [1.82, 2.24) is 14.5 Å². The SMILES string of the molecule is CCC(C(C)C)n1c(CCCl)nc2ccc(OC)nc21. The Labute approximate surface area is 125 Å². The number of rotatable bonds is 6. The highest BCUT2D eigenvalue weighted by atomic mass is 35.5. The second-order valence-electron chi connectivity index (χ2n) is 5.25. The van der Waals surface area contributed by atoms with Crippen LogP contribution in [0, 0.1) is 5.92 Å². The van der Waals surface area contributed by atoms with Gasteiger partial charge in [-0.15, -0.1) is 11.6 Å². The normalized spacial score (nSPS) is 13.1. The number of ether oxygens (including phenoxy) is 1. The van der Waals surface area contributed by atoms with Gasteiger partial charge >= 0.3 is 0 Å². The number of pyridine rings is 1. The first-order valence-electron chi connectivity index (χ1n) is 7.10. The van der Waals surface area contributed by atoms with Gasteiger partial charge in [0.15, 0.2) is 5.65 Å². The van der Waals surface area contributed by atoms with Crippen molar-refractivity contribution in [2.75, 3.05) is 13.0 Å². The lowest BCUT2D eigenvalue weighted by Gasteiger charge is -2.23. The molecule has 2 aromatic rings. The van der Waals surface area contributed by atoms with Crippen LogP contribution >= 0.6 is 11.6 Å². The molecule has 2 heterocycles. The van der Waals surface area contributed by atoms with E-state index in [1.807, 2.05) is 12.1 Å². The second kappa shape index (κ2) is 6.44. The van der Waals surface area contributed by atoms with E-state index in [2.05, 4.69) is 35.3 Å². The molecule has 5 heteroatoms. The molecule has 20 heavy (non-hydrogen) atoms. The summed E-state index contributed by atoms with van der Waals surface area (Å²) in [5.74, 6) is 2.71. The average molecular weight is 296 g/mol. The third kappa shape index (κ3) is 2.75. The third-order valence-corrected chi connectivity index (χ3v) is 3.82. The quantitative estimate of drug-likeness (QED) is 0.760. The van der Waals surface area contributed by atoms with Gasteiger partial charge in [0.25, 0.3) is 0 Å². The summed E-state index contributed by atoms with van der Waals surface area (Å²) in [6, 6.07) is 4.18. The van der Waals surface area contributed by atoms with Crippen molar-refractivity contribution in [2.45, 2.75) is 39.7 Å². The maximum Gasteiger partial charge on any atom is 0.215 e. The smallest absolute Gasteiger partial charge is 0.215 e. The number of alkyl halides is 1. The van der Waals surface area contributed by atoms with Gasteiger partial charge in [-0.1, -0.05) is 20.8 Å². The molecule has 2 aromatic heterocycles. The number of hydrogen-bond donors (Lipinski definition) is 0. The number of aryl methyl sites for hydroxylation is 1. The standard InChI is InChI=1S/C15H22ClN3O/c1-5-12(10(2)3)19-13(8-9-16)17-11-6-7-14(20-4)18-15(11)19/h6-7,10,12H,5,8-9H2,1-4H3. The maximum atomic E-state index is 5.92. The summed E-state index contributed by atoms with van der Waals surface area (Å²) < 4.78 is 7.48. The highest BCUT2D eigenvalue weighted by molar-refractivity contribution is 6.17. The first-order chi connectivity index (χ1) is 9.62. The van der Waals surface area contributed by atoms with E-state index in [1.54, 1.807) is 7.11 Å². The molecule has 0 amide bonds. The van der Waals surface area contributed by atoms with Crippen molar-refractivity contribution in [3.8, 4) is 5.88 Å². The summed E-state index contributed by atoms with van der Waals surface area (Å²) in [5.41, 5.74) is 1.80. The number of halogens is 1. The van der Waals surface area contributed by atoms with Gasteiger partial charge in [0, 0.05) is 24.4 Å². The van der Waals surface area contributed by atoms with Crippen LogP contribution in [0.25, 0.3) is 11.2 Å². The molecule has 0 N–H and O–H groups in total. The number of fused-ring (bicyclic) bond motifs is 1. The van der Waals surface area contributed by atoms with Gasteiger partial charge in [0.2, 0.25) is 5.88 Å². The molecule has 0 fully saturated rings. The van der Waals surface area contributed by atoms with Crippen molar-refractivity contribution in [1.29, 1.82) is 0 Å². The van der Waals surface area contributed by atoms with Crippen LogP contribution in [0.3, 0.4) is 0 Å². The Morgan fingerprint density at radius 2 is 2.05 bits per heavy atom. The van der Waals surface area contributed by atoms with E-state index < -0.39 is 0 Å². The van der Waals surface area contributed by atoms with Gasteiger partial charge in [-0.2, -0.15) is 4.98 Å². The molecule has 0 spiro atoms. The van der Waals surface area contributed by atoms with Crippen molar-refractivity contribution < 1.29 is 4.74 Å². The molecule has 2 rings (SSSR count). The zero-order valence-electron chi connectivity index (χ0n) is 12.6. The van der Waals surface area contributed by atoms with E-state index in [4.69, 9.17) is 16.3 Å². The van der Waals surface area contributed by atoms with Gasteiger partial charge in [-0.3, -0.25) is 0 Å². The Balaban J connectivity index is 2.64. The van der Waals surface area contributed by atoms with Crippen LogP contribution in [0.4, 0.5) is 0 Å². The van der Waals surface area contributed by atoms with Crippen molar-refractivity contribution in [3.05, 3.63) is 18.0 Å². The Bertz CT molecular complexity index is 580. The Morgan fingerprint density at radius 1 is 1.30 bits per heavy atom. The molecule has 4 nitrogen and oxygen atoms in total. The van der Waals surface area contributed by atoms with E-state index in [0.29, 0.717) is 23.7 Å². The monoisotopic (exact) mass is 295 g/mol. The van der Waals surface area contributed by atoms with E-state index in [9.17, 15) is 0 Å². The number of aromatic nitrogens is 3. The first-order valence-corrected chi connectivity index (χ1v) is 7.63. The number of nitrogens with zero attached hydrogens (tertiary/aromatic N) is 3. The maximum absolute atomic E-state index is 5.92. The molecule has 0 aliphatic carbocycles. The summed E-state index contributed by atoms with van der Waals surface area (Å²) in [5, 5.41) is 0. The summed E-state index contributed by atoms with van der Waals surface area (Å²) in [6.45, 7) is 6.65. The van der Waals surface area contributed by atoms with Crippen LogP contribution in [-0.4, -0.2) is 27.5 Å². The fraction of sp³-hybridized carbons (Fsp3) is 0.600. The lowest BCUT2D eigenvalue weighted by atomic mass is 10.0. The first kappa shape index (κ1) is 15.1.